The van der Waals surface area contributed by atoms with Gasteiger partial charge in [-0.05, 0) is 36.6 Å². The highest BCUT2D eigenvalue weighted by molar-refractivity contribution is 7.99. The van der Waals surface area contributed by atoms with Crippen molar-refractivity contribution in [1.29, 1.82) is 0 Å². The van der Waals surface area contributed by atoms with Gasteiger partial charge in [0.15, 0.2) is 0 Å². The van der Waals surface area contributed by atoms with Crippen LogP contribution in [0.25, 0.3) is 0 Å². The molecule has 2 atom stereocenters. The van der Waals surface area contributed by atoms with E-state index in [1.807, 2.05) is 19.1 Å². The molecule has 0 radical (unpaired) electrons. The lowest BCUT2D eigenvalue weighted by molar-refractivity contribution is 0.186. The molecule has 1 aromatic rings. The first-order valence-corrected chi connectivity index (χ1v) is 7.17. The minimum Gasteiger partial charge on any atom is -0.375 e. The van der Waals surface area contributed by atoms with Crippen LogP contribution in [0.4, 0.5) is 0 Å². The Morgan fingerprint density at radius 3 is 2.50 bits per heavy atom. The molecule has 0 bridgehead atoms. The van der Waals surface area contributed by atoms with Crippen molar-refractivity contribution < 1.29 is 5.11 Å². The monoisotopic (exact) mass is 261 g/mol. The highest BCUT2D eigenvalue weighted by Crippen LogP contribution is 2.22. The van der Waals surface area contributed by atoms with Crippen LogP contribution in [0.15, 0.2) is 53.6 Å². The summed E-state index contributed by atoms with van der Waals surface area (Å²) in [6.07, 6.45) is 3.47. The third-order valence-electron chi connectivity index (χ3n) is 3.04. The molecule has 0 spiro atoms. The zero-order chi connectivity index (χ0) is 13.0. The molecule has 2 unspecified atom stereocenters. The van der Waals surface area contributed by atoms with Crippen molar-refractivity contribution in [3.63, 3.8) is 0 Å². The summed E-state index contributed by atoms with van der Waals surface area (Å²) in [7, 11) is 0. The second-order valence-corrected chi connectivity index (χ2v) is 5.66. The summed E-state index contributed by atoms with van der Waals surface area (Å²) in [5, 5.41) is 13.1. The summed E-state index contributed by atoms with van der Waals surface area (Å²) < 4.78 is 0. The zero-order valence-electron chi connectivity index (χ0n) is 10.8. The third-order valence-corrected chi connectivity index (χ3v) is 4.17. The lowest BCUT2D eigenvalue weighted by atomic mass is 10.1. The molecule has 0 fully saturated rings. The fourth-order valence-corrected chi connectivity index (χ4v) is 2.95. The lowest BCUT2D eigenvalue weighted by Gasteiger charge is -2.16. The Bertz CT molecular complexity index is 453. The van der Waals surface area contributed by atoms with Crippen molar-refractivity contribution in [2.24, 2.45) is 0 Å². The number of hydrogen-bond donors (Lipinski definition) is 2. The Labute approximate surface area is 113 Å². The van der Waals surface area contributed by atoms with E-state index in [9.17, 15) is 5.11 Å². The minimum atomic E-state index is -0.563. The molecule has 1 heterocycles. The number of aliphatic hydroxyl groups is 1. The maximum Gasteiger partial charge on any atom is 0.125 e. The fraction of sp³-hybridized carbons (Fsp3) is 0.333. The van der Waals surface area contributed by atoms with Crippen LogP contribution in [0.5, 0.6) is 0 Å². The summed E-state index contributed by atoms with van der Waals surface area (Å²) in [4.78, 5) is 0. The number of allylic oxidation sites excluding steroid dienone is 2. The van der Waals surface area contributed by atoms with Crippen molar-refractivity contribution in [1.82, 2.24) is 5.32 Å². The normalized spacial score (nSPS) is 24.2. The van der Waals surface area contributed by atoms with Crippen LogP contribution in [-0.4, -0.2) is 16.7 Å². The number of thioether (sulfide) groups is 1. The number of rotatable bonds is 3. The third kappa shape index (κ3) is 3.73. The number of benzene rings is 1. The SMILES string of the molecule is CC1=CC(O)NC(SCc2ccccc2)C=C1C. The van der Waals surface area contributed by atoms with Crippen LogP contribution in [0.3, 0.4) is 0 Å². The van der Waals surface area contributed by atoms with Gasteiger partial charge in [-0.15, -0.1) is 11.8 Å². The maximum absolute atomic E-state index is 9.81. The van der Waals surface area contributed by atoms with Gasteiger partial charge in [0.25, 0.3) is 0 Å². The van der Waals surface area contributed by atoms with Gasteiger partial charge in [-0.1, -0.05) is 36.4 Å². The quantitative estimate of drug-likeness (QED) is 0.877. The number of nitrogens with one attached hydrogen (secondary N) is 1. The molecule has 2 rings (SSSR count). The predicted molar refractivity (Wildman–Crippen MR) is 78.2 cm³/mol. The van der Waals surface area contributed by atoms with Crippen molar-refractivity contribution >= 4 is 11.8 Å². The molecule has 2 nitrogen and oxygen atoms in total. The second kappa shape index (κ2) is 6.23. The van der Waals surface area contributed by atoms with Crippen molar-refractivity contribution in [2.75, 3.05) is 0 Å². The molecule has 0 aliphatic carbocycles. The first-order valence-electron chi connectivity index (χ1n) is 6.12. The van der Waals surface area contributed by atoms with Gasteiger partial charge in [0.2, 0.25) is 0 Å². The minimum absolute atomic E-state index is 0.147. The molecule has 1 aliphatic heterocycles. The standard InChI is InChI=1S/C15H19NOS/c1-11-8-14(17)16-15(9-12(11)2)18-10-13-6-4-3-5-7-13/h3-9,14-17H,10H2,1-2H3. The Morgan fingerprint density at radius 1 is 1.11 bits per heavy atom. The first-order chi connectivity index (χ1) is 8.65. The van der Waals surface area contributed by atoms with E-state index in [0.717, 1.165) is 11.3 Å². The topological polar surface area (TPSA) is 32.3 Å². The van der Waals surface area contributed by atoms with Gasteiger partial charge < -0.3 is 5.11 Å². The molecule has 1 aromatic carbocycles. The molecular weight excluding hydrogens is 242 g/mol. The summed E-state index contributed by atoms with van der Waals surface area (Å²) >= 11 is 1.79. The number of hydrogen-bond acceptors (Lipinski definition) is 3. The van der Waals surface area contributed by atoms with E-state index in [4.69, 9.17) is 0 Å². The van der Waals surface area contributed by atoms with E-state index in [1.165, 1.54) is 11.1 Å². The van der Waals surface area contributed by atoms with Gasteiger partial charge in [-0.2, -0.15) is 0 Å². The maximum atomic E-state index is 9.81. The molecule has 18 heavy (non-hydrogen) atoms. The average Bonchev–Trinajstić information content (AvgIpc) is 2.48. The van der Waals surface area contributed by atoms with Gasteiger partial charge in [0.05, 0.1) is 5.37 Å². The molecule has 96 valence electrons. The number of aliphatic hydroxyl groups excluding tert-OH is 1. The summed E-state index contributed by atoms with van der Waals surface area (Å²) in [6.45, 7) is 4.11. The van der Waals surface area contributed by atoms with Crippen LogP contribution in [0.1, 0.15) is 19.4 Å². The van der Waals surface area contributed by atoms with Gasteiger partial charge in [0.1, 0.15) is 6.23 Å². The molecule has 1 aliphatic rings. The Morgan fingerprint density at radius 2 is 1.78 bits per heavy atom. The van der Waals surface area contributed by atoms with E-state index in [1.54, 1.807) is 11.8 Å². The van der Waals surface area contributed by atoms with Crippen molar-refractivity contribution in [3.05, 3.63) is 59.2 Å². The summed E-state index contributed by atoms with van der Waals surface area (Å²) in [6, 6.07) is 10.4. The fourth-order valence-electron chi connectivity index (χ4n) is 1.85. The molecular formula is C15H19NOS. The molecule has 3 heteroatoms. The summed E-state index contributed by atoms with van der Waals surface area (Å²) in [5.74, 6) is 0.939. The van der Waals surface area contributed by atoms with Gasteiger partial charge >= 0.3 is 0 Å². The summed E-state index contributed by atoms with van der Waals surface area (Å²) in [5.41, 5.74) is 3.67. The molecule has 0 aromatic heterocycles. The van der Waals surface area contributed by atoms with Crippen molar-refractivity contribution in [3.8, 4) is 0 Å². The molecule has 0 amide bonds. The Kier molecular flexibility index (Phi) is 4.64. The smallest absolute Gasteiger partial charge is 0.125 e. The van der Waals surface area contributed by atoms with E-state index >= 15 is 0 Å². The van der Waals surface area contributed by atoms with E-state index < -0.39 is 6.23 Å². The first kappa shape index (κ1) is 13.4. The lowest BCUT2D eigenvalue weighted by Crippen LogP contribution is -2.33. The van der Waals surface area contributed by atoms with Crippen molar-refractivity contribution in [2.45, 2.75) is 31.2 Å². The van der Waals surface area contributed by atoms with Crippen LogP contribution < -0.4 is 5.32 Å². The average molecular weight is 261 g/mol. The molecule has 2 N–H and O–H groups in total. The van der Waals surface area contributed by atoms with Crippen LogP contribution in [0, 0.1) is 0 Å². The molecule has 0 saturated heterocycles. The Hall–Kier alpha value is -1.03. The highest BCUT2D eigenvalue weighted by atomic mass is 32.2. The highest BCUT2D eigenvalue weighted by Gasteiger charge is 2.14. The van der Waals surface area contributed by atoms with E-state index in [2.05, 4.69) is 42.6 Å². The van der Waals surface area contributed by atoms with Gasteiger partial charge in [-0.25, -0.2) is 0 Å². The van der Waals surface area contributed by atoms with Gasteiger partial charge in [-0.3, -0.25) is 5.32 Å². The van der Waals surface area contributed by atoms with Crippen LogP contribution >= 0.6 is 11.8 Å². The molecule has 0 saturated carbocycles. The van der Waals surface area contributed by atoms with Gasteiger partial charge in [0, 0.05) is 5.75 Å². The predicted octanol–water partition coefficient (Wildman–Crippen LogP) is 3.06. The Balaban J connectivity index is 1.98. The zero-order valence-corrected chi connectivity index (χ0v) is 11.6. The largest absolute Gasteiger partial charge is 0.375 e. The van der Waals surface area contributed by atoms with E-state index in [-0.39, 0.29) is 5.37 Å². The van der Waals surface area contributed by atoms with E-state index in [0.29, 0.717) is 0 Å². The van der Waals surface area contributed by atoms with Crippen LogP contribution in [-0.2, 0) is 5.75 Å². The second-order valence-electron chi connectivity index (χ2n) is 4.53. The van der Waals surface area contributed by atoms with Crippen LogP contribution in [0.2, 0.25) is 0 Å².